The summed E-state index contributed by atoms with van der Waals surface area (Å²) < 4.78 is 4.26. The topological polar surface area (TPSA) is 17.8 Å². The van der Waals surface area contributed by atoms with E-state index in [9.17, 15) is 0 Å². The van der Waals surface area contributed by atoms with Gasteiger partial charge in [-0.2, -0.15) is 0 Å². The normalized spacial score (nSPS) is 11.8. The first-order chi connectivity index (χ1) is 12.6. The van der Waals surface area contributed by atoms with E-state index in [1.807, 2.05) is 18.3 Å². The Bertz CT molecular complexity index is 614. The summed E-state index contributed by atoms with van der Waals surface area (Å²) in [7, 11) is 0. The molecule has 2 aromatic rings. The third kappa shape index (κ3) is 6.30. The summed E-state index contributed by atoms with van der Waals surface area (Å²) >= 11 is 5.28. The first-order valence-corrected chi connectivity index (χ1v) is 13.5. The molecule has 0 aliphatic carbocycles. The minimum absolute atomic E-state index is 0.579. The van der Waals surface area contributed by atoms with Crippen LogP contribution in [0.5, 0.6) is 0 Å². The van der Waals surface area contributed by atoms with E-state index in [1.54, 1.807) is 0 Å². The Hall–Kier alpha value is -0.481. The van der Waals surface area contributed by atoms with E-state index in [1.165, 1.54) is 61.5 Å². The molecule has 2 radical (unpaired) electrons. The Morgan fingerprint density at radius 3 is 1.92 bits per heavy atom. The number of rotatable bonds is 12. The van der Waals surface area contributed by atoms with Gasteiger partial charge in [0.05, 0.1) is 0 Å². The van der Waals surface area contributed by atoms with Gasteiger partial charge in [-0.25, -0.2) is 0 Å². The first-order valence-electron chi connectivity index (χ1n) is 10.2. The van der Waals surface area contributed by atoms with Gasteiger partial charge >= 0.3 is 175 Å². The molecule has 1 aromatic carbocycles. The van der Waals surface area contributed by atoms with Gasteiger partial charge in [0.25, 0.3) is 0 Å². The van der Waals surface area contributed by atoms with Crippen LogP contribution in [0.25, 0.3) is 5.69 Å². The Morgan fingerprint density at radius 2 is 1.42 bits per heavy atom. The number of halogens is 1. The Labute approximate surface area is 174 Å². The van der Waals surface area contributed by atoms with Gasteiger partial charge in [-0.15, -0.1) is 0 Å². The second-order valence-electron chi connectivity index (χ2n) is 7.32. The second-order valence-corrected chi connectivity index (χ2v) is 13.0. The van der Waals surface area contributed by atoms with E-state index in [2.05, 4.69) is 48.8 Å². The van der Waals surface area contributed by atoms with Crippen molar-refractivity contribution in [3.63, 3.8) is 0 Å². The van der Waals surface area contributed by atoms with Crippen LogP contribution in [-0.4, -0.2) is 30.9 Å². The summed E-state index contributed by atoms with van der Waals surface area (Å²) in [6.45, 7) is 6.98. The molecule has 0 amide bonds. The molecule has 0 fully saturated rings. The third-order valence-corrected chi connectivity index (χ3v) is 10.9. The predicted octanol–water partition coefficient (Wildman–Crippen LogP) is 6.58. The summed E-state index contributed by atoms with van der Waals surface area (Å²) in [5, 5.41) is 5.44. The van der Waals surface area contributed by atoms with Crippen molar-refractivity contribution in [2.45, 2.75) is 82.0 Å². The summed E-state index contributed by atoms with van der Waals surface area (Å²) in [5.41, 5.74) is 1.14. The van der Waals surface area contributed by atoms with Crippen molar-refractivity contribution in [3.05, 3.63) is 41.6 Å². The summed E-state index contributed by atoms with van der Waals surface area (Å²) in [4.78, 5) is 0. The van der Waals surface area contributed by atoms with Gasteiger partial charge in [0.2, 0.25) is 0 Å². The van der Waals surface area contributed by atoms with Crippen molar-refractivity contribution in [2.75, 3.05) is 0 Å². The van der Waals surface area contributed by atoms with E-state index >= 15 is 0 Å². The van der Waals surface area contributed by atoms with Gasteiger partial charge in [0.15, 0.2) is 0 Å². The Kier molecular flexibility index (Phi) is 9.55. The summed E-state index contributed by atoms with van der Waals surface area (Å²) in [5.74, 6) is 0. The molecule has 4 heteroatoms. The standard InChI is InChI=1S/C13H27.C9H6ClN2.Sn/c1-4-7-10-13(11-8-5-2)12-9-6-3;10-8-2-4-9(5-3-8)12-7-1-6-11-12;/h4-12H2,1-3H3;1-6H;. The van der Waals surface area contributed by atoms with Crippen molar-refractivity contribution in [3.8, 4) is 5.69 Å². The molecule has 2 rings (SSSR count). The van der Waals surface area contributed by atoms with Gasteiger partial charge in [-0.1, -0.05) is 0 Å². The molecular formula is C22H33ClN2Sn. The van der Waals surface area contributed by atoms with Crippen LogP contribution in [0.3, 0.4) is 0 Å². The van der Waals surface area contributed by atoms with Crippen LogP contribution in [0.2, 0.25) is 8.45 Å². The zero-order valence-corrected chi connectivity index (χ0v) is 20.2. The average molecular weight is 480 g/mol. The molecule has 0 saturated carbocycles. The fraction of sp³-hybridized carbons (Fsp3) is 0.591. The molecule has 142 valence electrons. The molecule has 0 unspecified atom stereocenters. The molecule has 1 aromatic heterocycles. The molecular weight excluding hydrogens is 446 g/mol. The molecule has 0 spiro atoms. The van der Waals surface area contributed by atoms with E-state index in [-0.39, 0.29) is 0 Å². The van der Waals surface area contributed by atoms with Gasteiger partial charge in [0.1, 0.15) is 0 Å². The summed E-state index contributed by atoms with van der Waals surface area (Å²) in [6.07, 6.45) is 14.2. The SMILES string of the molecule is CCCC[C](CCCC)(CCCC)[Sn][c]1ccnn1-c1ccc(Cl)cc1. The molecule has 0 N–H and O–H groups in total. The molecule has 0 saturated heterocycles. The van der Waals surface area contributed by atoms with Crippen molar-refractivity contribution >= 4 is 36.5 Å². The van der Waals surface area contributed by atoms with Crippen LogP contribution in [0.1, 0.15) is 78.6 Å². The van der Waals surface area contributed by atoms with Crippen molar-refractivity contribution < 1.29 is 0 Å². The second kappa shape index (κ2) is 11.4. The average Bonchev–Trinajstić information content (AvgIpc) is 3.11. The molecule has 0 atom stereocenters. The van der Waals surface area contributed by atoms with E-state index in [0.29, 0.717) is 3.43 Å². The van der Waals surface area contributed by atoms with Crippen molar-refractivity contribution in [1.29, 1.82) is 0 Å². The number of hydrogen-bond donors (Lipinski definition) is 0. The van der Waals surface area contributed by atoms with Crippen molar-refractivity contribution in [1.82, 2.24) is 9.78 Å². The zero-order chi connectivity index (χ0) is 18.8. The van der Waals surface area contributed by atoms with Gasteiger partial charge in [-0.3, -0.25) is 0 Å². The maximum atomic E-state index is 6.07. The number of unbranched alkanes of at least 4 members (excludes halogenated alkanes) is 3. The van der Waals surface area contributed by atoms with E-state index < -0.39 is 21.1 Å². The molecule has 0 aliphatic rings. The van der Waals surface area contributed by atoms with Gasteiger partial charge < -0.3 is 0 Å². The fourth-order valence-corrected chi connectivity index (χ4v) is 9.11. The Morgan fingerprint density at radius 1 is 0.885 bits per heavy atom. The van der Waals surface area contributed by atoms with Crippen LogP contribution in [-0.2, 0) is 0 Å². The minimum atomic E-state index is -0.787. The summed E-state index contributed by atoms with van der Waals surface area (Å²) in [6, 6.07) is 10.4. The van der Waals surface area contributed by atoms with Crippen LogP contribution < -0.4 is 3.71 Å². The number of nitrogens with zero attached hydrogens (tertiary/aromatic N) is 2. The number of hydrogen-bond acceptors (Lipinski definition) is 1. The van der Waals surface area contributed by atoms with Gasteiger partial charge in [-0.05, 0) is 0 Å². The zero-order valence-electron chi connectivity index (χ0n) is 16.6. The Balaban J connectivity index is 2.28. The quantitative estimate of drug-likeness (QED) is 0.314. The molecule has 26 heavy (non-hydrogen) atoms. The molecule has 1 heterocycles. The van der Waals surface area contributed by atoms with Crippen molar-refractivity contribution in [2.24, 2.45) is 0 Å². The fourth-order valence-electron chi connectivity index (χ4n) is 3.57. The van der Waals surface area contributed by atoms with Crippen LogP contribution >= 0.6 is 11.6 Å². The first kappa shape index (κ1) is 21.8. The monoisotopic (exact) mass is 480 g/mol. The van der Waals surface area contributed by atoms with Crippen LogP contribution in [0, 0.1) is 0 Å². The molecule has 0 bridgehead atoms. The van der Waals surface area contributed by atoms with Crippen LogP contribution in [0.4, 0.5) is 0 Å². The number of benzene rings is 1. The molecule has 0 aliphatic heterocycles. The van der Waals surface area contributed by atoms with E-state index in [4.69, 9.17) is 11.6 Å². The van der Waals surface area contributed by atoms with Crippen LogP contribution in [0.15, 0.2) is 36.5 Å². The molecule has 2 nitrogen and oxygen atoms in total. The number of aromatic nitrogens is 2. The van der Waals surface area contributed by atoms with E-state index in [0.717, 1.165) is 10.7 Å². The van der Waals surface area contributed by atoms with Gasteiger partial charge in [0, 0.05) is 0 Å². The third-order valence-electron chi connectivity index (χ3n) is 5.13. The predicted molar refractivity (Wildman–Crippen MR) is 115 cm³/mol. The maximum absolute atomic E-state index is 6.07.